The molecule has 3 aromatic rings. The molecule has 0 saturated carbocycles. The summed E-state index contributed by atoms with van der Waals surface area (Å²) in [4.78, 5) is 19.4. The van der Waals surface area contributed by atoms with Crippen molar-refractivity contribution in [2.45, 2.75) is 20.8 Å². The third-order valence-electron chi connectivity index (χ3n) is 3.32. The third kappa shape index (κ3) is 2.05. The molecule has 0 unspecified atom stereocenters. The third-order valence-corrected chi connectivity index (χ3v) is 3.32. The number of aromatic nitrogens is 3. The minimum absolute atomic E-state index is 0.106. The fourth-order valence-corrected chi connectivity index (χ4v) is 2.12. The summed E-state index contributed by atoms with van der Waals surface area (Å²) in [6.45, 7) is 5.73. The molecule has 0 fully saturated rings. The molecular formula is C14H14N4O2. The molecule has 0 atom stereocenters. The van der Waals surface area contributed by atoms with Crippen LogP contribution in [0.25, 0.3) is 10.9 Å². The van der Waals surface area contributed by atoms with Gasteiger partial charge in [-0.1, -0.05) is 5.16 Å². The zero-order chi connectivity index (χ0) is 14.3. The van der Waals surface area contributed by atoms with Crippen LogP contribution in [0.15, 0.2) is 22.7 Å². The van der Waals surface area contributed by atoms with Crippen molar-refractivity contribution in [3.8, 4) is 0 Å². The molecule has 6 nitrogen and oxygen atoms in total. The van der Waals surface area contributed by atoms with Crippen LogP contribution in [0, 0.1) is 20.8 Å². The van der Waals surface area contributed by atoms with Crippen molar-refractivity contribution in [3.63, 3.8) is 0 Å². The minimum atomic E-state index is -0.270. The average Bonchev–Trinajstić information content (AvgIpc) is 2.94. The highest BCUT2D eigenvalue weighted by Crippen LogP contribution is 2.22. The van der Waals surface area contributed by atoms with E-state index in [1.54, 1.807) is 13.0 Å². The van der Waals surface area contributed by atoms with Gasteiger partial charge in [0.1, 0.15) is 0 Å². The highest BCUT2D eigenvalue weighted by atomic mass is 16.5. The average molecular weight is 270 g/mol. The van der Waals surface area contributed by atoms with E-state index in [4.69, 9.17) is 4.52 Å². The molecule has 0 aliphatic heterocycles. The molecule has 0 spiro atoms. The largest absolute Gasteiger partial charge is 0.358 e. The van der Waals surface area contributed by atoms with Crippen LogP contribution in [0.3, 0.4) is 0 Å². The summed E-state index contributed by atoms with van der Waals surface area (Å²) in [5.74, 6) is 0.210. The Balaban J connectivity index is 1.93. The molecule has 0 radical (unpaired) electrons. The minimum Gasteiger partial charge on any atom is -0.358 e. The van der Waals surface area contributed by atoms with E-state index in [0.29, 0.717) is 11.4 Å². The van der Waals surface area contributed by atoms with Crippen molar-refractivity contribution in [3.05, 3.63) is 40.8 Å². The molecule has 0 saturated heterocycles. The number of hydrogen-bond acceptors (Lipinski definition) is 4. The van der Waals surface area contributed by atoms with Crippen molar-refractivity contribution in [1.29, 1.82) is 0 Å². The lowest BCUT2D eigenvalue weighted by Crippen LogP contribution is -2.12. The lowest BCUT2D eigenvalue weighted by molar-refractivity contribution is 0.102. The molecule has 102 valence electrons. The number of nitrogens with zero attached hydrogens (tertiary/aromatic N) is 2. The normalized spacial score (nSPS) is 10.9. The Kier molecular flexibility index (Phi) is 2.78. The predicted molar refractivity (Wildman–Crippen MR) is 74.8 cm³/mol. The zero-order valence-corrected chi connectivity index (χ0v) is 11.4. The maximum atomic E-state index is 12.1. The van der Waals surface area contributed by atoms with Crippen molar-refractivity contribution in [2.75, 3.05) is 5.32 Å². The number of hydrogen-bond donors (Lipinski definition) is 2. The van der Waals surface area contributed by atoms with Crippen molar-refractivity contribution in [2.24, 2.45) is 0 Å². The van der Waals surface area contributed by atoms with Gasteiger partial charge in [0.15, 0.2) is 5.82 Å². The number of carbonyl (C=O) groups is 1. The molecule has 2 aromatic heterocycles. The van der Waals surface area contributed by atoms with Crippen LogP contribution < -0.4 is 5.32 Å². The van der Waals surface area contributed by atoms with Crippen LogP contribution >= 0.6 is 0 Å². The van der Waals surface area contributed by atoms with Crippen LogP contribution in [0.5, 0.6) is 0 Å². The summed E-state index contributed by atoms with van der Waals surface area (Å²) in [5.41, 5.74) is 3.81. The molecule has 0 bridgehead atoms. The second kappa shape index (κ2) is 4.48. The number of amides is 1. The van der Waals surface area contributed by atoms with Gasteiger partial charge in [-0.15, -0.1) is 0 Å². The Morgan fingerprint density at radius 2 is 2.10 bits per heavy atom. The summed E-state index contributed by atoms with van der Waals surface area (Å²) >= 11 is 0. The molecule has 1 amide bonds. The molecule has 2 heterocycles. The van der Waals surface area contributed by atoms with Crippen molar-refractivity contribution < 1.29 is 9.32 Å². The van der Waals surface area contributed by atoms with E-state index in [9.17, 15) is 4.79 Å². The Labute approximate surface area is 115 Å². The Hall–Kier alpha value is -2.63. The van der Waals surface area contributed by atoms with Gasteiger partial charge in [0.05, 0.1) is 0 Å². The van der Waals surface area contributed by atoms with Crippen LogP contribution in [0.2, 0.25) is 0 Å². The number of aryl methyl sites for hydroxylation is 3. The Bertz CT molecular complexity index is 801. The van der Waals surface area contributed by atoms with E-state index in [-0.39, 0.29) is 11.9 Å². The van der Waals surface area contributed by atoms with Crippen LogP contribution in [0.4, 0.5) is 6.01 Å². The van der Waals surface area contributed by atoms with E-state index in [1.165, 1.54) is 0 Å². The van der Waals surface area contributed by atoms with Gasteiger partial charge < -0.3 is 9.51 Å². The van der Waals surface area contributed by atoms with E-state index >= 15 is 0 Å². The topological polar surface area (TPSA) is 83.8 Å². The molecule has 0 aliphatic rings. The van der Waals surface area contributed by atoms with E-state index in [1.807, 2.05) is 26.0 Å². The fraction of sp³-hybridized carbons (Fsp3) is 0.214. The SMILES string of the molecule is Cc1noc(NC(=O)c2ccc3[nH]c(C)c(C)c3c2)n1. The second-order valence-electron chi connectivity index (χ2n) is 4.74. The number of benzene rings is 1. The van der Waals surface area contributed by atoms with Gasteiger partial charge in [-0.3, -0.25) is 10.1 Å². The zero-order valence-electron chi connectivity index (χ0n) is 11.4. The van der Waals surface area contributed by atoms with Crippen LogP contribution in [-0.4, -0.2) is 21.0 Å². The lowest BCUT2D eigenvalue weighted by atomic mass is 10.1. The standard InChI is InChI=1S/C14H14N4O2/c1-7-8(2)15-12-5-4-10(6-11(7)12)13(19)17-14-16-9(3)18-20-14/h4-6,15H,1-3H3,(H,16,17,18,19). The maximum absolute atomic E-state index is 12.1. The van der Waals surface area contributed by atoms with E-state index < -0.39 is 0 Å². The van der Waals surface area contributed by atoms with Gasteiger partial charge in [-0.25, -0.2) is 0 Å². The molecule has 1 aromatic carbocycles. The second-order valence-corrected chi connectivity index (χ2v) is 4.74. The summed E-state index contributed by atoms with van der Waals surface area (Å²) < 4.78 is 4.87. The lowest BCUT2D eigenvalue weighted by Gasteiger charge is -2.01. The first-order chi connectivity index (χ1) is 9.54. The maximum Gasteiger partial charge on any atom is 0.328 e. The summed E-state index contributed by atoms with van der Waals surface area (Å²) in [6, 6.07) is 5.61. The number of anilines is 1. The highest BCUT2D eigenvalue weighted by Gasteiger charge is 2.12. The van der Waals surface area contributed by atoms with Crippen LogP contribution in [0.1, 0.15) is 27.4 Å². The first-order valence-electron chi connectivity index (χ1n) is 6.25. The number of fused-ring (bicyclic) bond motifs is 1. The van der Waals surface area contributed by atoms with Crippen LogP contribution in [-0.2, 0) is 0 Å². The molecular weight excluding hydrogens is 256 g/mol. The monoisotopic (exact) mass is 270 g/mol. The van der Waals surface area contributed by atoms with Gasteiger partial charge in [-0.2, -0.15) is 4.98 Å². The molecule has 20 heavy (non-hydrogen) atoms. The predicted octanol–water partition coefficient (Wildman–Crippen LogP) is 2.73. The van der Waals surface area contributed by atoms with E-state index in [2.05, 4.69) is 20.4 Å². The number of aromatic amines is 1. The fourth-order valence-electron chi connectivity index (χ4n) is 2.12. The first kappa shape index (κ1) is 12.4. The summed E-state index contributed by atoms with van der Waals surface area (Å²) in [6.07, 6.45) is 0. The van der Waals surface area contributed by atoms with Gasteiger partial charge in [0.25, 0.3) is 5.91 Å². The Morgan fingerprint density at radius 3 is 2.80 bits per heavy atom. The van der Waals surface area contributed by atoms with Crippen molar-refractivity contribution in [1.82, 2.24) is 15.1 Å². The number of nitrogens with one attached hydrogen (secondary N) is 2. The van der Waals surface area contributed by atoms with Crippen molar-refractivity contribution >= 4 is 22.8 Å². The molecule has 2 N–H and O–H groups in total. The van der Waals surface area contributed by atoms with E-state index in [0.717, 1.165) is 22.2 Å². The smallest absolute Gasteiger partial charge is 0.328 e. The number of H-pyrrole nitrogens is 1. The van der Waals surface area contributed by atoms with Gasteiger partial charge in [0, 0.05) is 22.2 Å². The first-order valence-corrected chi connectivity index (χ1v) is 6.25. The highest BCUT2D eigenvalue weighted by molar-refractivity contribution is 6.05. The molecule has 3 rings (SSSR count). The number of carbonyl (C=O) groups excluding carboxylic acids is 1. The number of rotatable bonds is 2. The summed E-state index contributed by atoms with van der Waals surface area (Å²) in [7, 11) is 0. The summed E-state index contributed by atoms with van der Waals surface area (Å²) in [5, 5.41) is 7.24. The van der Waals surface area contributed by atoms with Gasteiger partial charge >= 0.3 is 6.01 Å². The quantitative estimate of drug-likeness (QED) is 0.750. The van der Waals surface area contributed by atoms with Gasteiger partial charge in [-0.05, 0) is 44.5 Å². The molecule has 6 heteroatoms. The molecule has 0 aliphatic carbocycles. The Morgan fingerprint density at radius 1 is 1.30 bits per heavy atom. The van der Waals surface area contributed by atoms with Gasteiger partial charge in [0.2, 0.25) is 0 Å².